The van der Waals surface area contributed by atoms with Gasteiger partial charge in [0, 0.05) is 6.07 Å². The van der Waals surface area contributed by atoms with E-state index in [1.165, 1.54) is 18.2 Å². The molecule has 0 radical (unpaired) electrons. The second-order valence-corrected chi connectivity index (χ2v) is 5.86. The number of nitrogens with one attached hydrogen (secondary N) is 1. The molecule has 0 saturated carbocycles. The van der Waals surface area contributed by atoms with Crippen molar-refractivity contribution in [3.05, 3.63) is 71.2 Å². The summed E-state index contributed by atoms with van der Waals surface area (Å²) in [5.74, 6) is -1.20. The number of aromatic amines is 1. The van der Waals surface area contributed by atoms with Gasteiger partial charge in [0.1, 0.15) is 5.82 Å². The van der Waals surface area contributed by atoms with E-state index in [9.17, 15) is 14.0 Å². The van der Waals surface area contributed by atoms with E-state index in [0.29, 0.717) is 22.5 Å². The molecule has 27 heavy (non-hydrogen) atoms. The lowest BCUT2D eigenvalue weighted by atomic mass is 10.1. The fourth-order valence-electron chi connectivity index (χ4n) is 2.80. The number of rotatable bonds is 4. The zero-order chi connectivity index (χ0) is 19.0. The highest BCUT2D eigenvalue weighted by Crippen LogP contribution is 2.30. The van der Waals surface area contributed by atoms with Crippen molar-refractivity contribution >= 4 is 29.0 Å². The molecule has 2 aromatic carbocycles. The number of H-pyrrole nitrogens is 1. The van der Waals surface area contributed by atoms with Crippen molar-refractivity contribution < 1.29 is 14.0 Å². The molecule has 8 nitrogen and oxygen atoms in total. The van der Waals surface area contributed by atoms with E-state index in [2.05, 4.69) is 20.4 Å². The maximum atomic E-state index is 13.3. The number of hydrogen-bond donors (Lipinski definition) is 2. The summed E-state index contributed by atoms with van der Waals surface area (Å²) in [6, 6.07) is 12.2. The van der Waals surface area contributed by atoms with Crippen LogP contribution in [0.5, 0.6) is 0 Å². The number of aromatic nitrogens is 2. The Morgan fingerprint density at radius 1 is 1.04 bits per heavy atom. The highest BCUT2D eigenvalue weighted by molar-refractivity contribution is 6.21. The summed E-state index contributed by atoms with van der Waals surface area (Å²) in [5, 5.41) is 14.5. The fraction of sp³-hybridized carbons (Fsp3) is 0.0556. The Kier molecular flexibility index (Phi) is 3.96. The van der Waals surface area contributed by atoms with E-state index in [0.717, 1.165) is 4.90 Å². The summed E-state index contributed by atoms with van der Waals surface area (Å²) in [6.07, 6.45) is 0. The average Bonchev–Trinajstić information content (AvgIpc) is 3.13. The minimum absolute atomic E-state index is 0.0572. The van der Waals surface area contributed by atoms with Gasteiger partial charge in [0.25, 0.3) is 11.8 Å². The summed E-state index contributed by atoms with van der Waals surface area (Å²) in [7, 11) is 0. The van der Waals surface area contributed by atoms with Crippen LogP contribution in [0.3, 0.4) is 0 Å². The molecule has 2 amide bonds. The molecule has 134 valence electrons. The number of imide groups is 1. The molecule has 0 aliphatic carbocycles. The zero-order valence-corrected chi connectivity index (χ0v) is 13.9. The molecular weight excluding hydrogens is 351 g/mol. The van der Waals surface area contributed by atoms with Crippen molar-refractivity contribution in [2.45, 2.75) is 6.54 Å². The van der Waals surface area contributed by atoms with Gasteiger partial charge in [-0.25, -0.2) is 4.39 Å². The number of nitrogens with two attached hydrogens (primary N) is 1. The van der Waals surface area contributed by atoms with Crippen molar-refractivity contribution in [3.8, 4) is 0 Å². The molecule has 3 N–H and O–H groups in total. The number of azo groups is 1. The first-order valence-electron chi connectivity index (χ1n) is 8.00. The third-order valence-electron chi connectivity index (χ3n) is 4.11. The molecule has 9 heteroatoms. The van der Waals surface area contributed by atoms with Crippen LogP contribution in [0.25, 0.3) is 0 Å². The highest BCUT2D eigenvalue weighted by atomic mass is 19.1. The number of carbonyl (C=O) groups is 2. The number of amides is 2. The molecule has 0 unspecified atom stereocenters. The van der Waals surface area contributed by atoms with Crippen LogP contribution in [0.15, 0.2) is 58.8 Å². The molecule has 1 aromatic heterocycles. The lowest BCUT2D eigenvalue weighted by molar-refractivity contribution is 0.0640. The van der Waals surface area contributed by atoms with E-state index in [-0.39, 0.29) is 18.1 Å². The van der Waals surface area contributed by atoms with Crippen molar-refractivity contribution in [1.29, 1.82) is 0 Å². The summed E-state index contributed by atoms with van der Waals surface area (Å²) >= 11 is 0. The normalized spacial score (nSPS) is 13.6. The lowest BCUT2D eigenvalue weighted by Gasteiger charge is -2.12. The number of nitrogen functional groups attached to an aromatic ring is 1. The van der Waals surface area contributed by atoms with Gasteiger partial charge in [0.05, 0.1) is 29.1 Å². The molecule has 3 aromatic rings. The third-order valence-corrected chi connectivity index (χ3v) is 4.11. The van der Waals surface area contributed by atoms with E-state index in [1.54, 1.807) is 30.3 Å². The maximum Gasteiger partial charge on any atom is 0.261 e. The minimum Gasteiger partial charge on any atom is -0.380 e. The number of carbonyl (C=O) groups excluding carboxylic acids is 2. The molecule has 0 atom stereocenters. The number of hydrogen-bond acceptors (Lipinski definition) is 6. The zero-order valence-electron chi connectivity index (χ0n) is 13.9. The van der Waals surface area contributed by atoms with E-state index >= 15 is 0 Å². The summed E-state index contributed by atoms with van der Waals surface area (Å²) in [4.78, 5) is 26.1. The van der Waals surface area contributed by atoms with Crippen LogP contribution >= 0.6 is 0 Å². The Morgan fingerprint density at radius 2 is 1.74 bits per heavy atom. The highest BCUT2D eigenvalue weighted by Gasteiger charge is 2.36. The van der Waals surface area contributed by atoms with Crippen LogP contribution in [-0.4, -0.2) is 26.9 Å². The molecule has 1 aliphatic heterocycles. The quantitative estimate of drug-likeness (QED) is 0.545. The van der Waals surface area contributed by atoms with Crippen LogP contribution in [0.2, 0.25) is 0 Å². The minimum atomic E-state index is -0.446. The number of fused-ring (bicyclic) bond motifs is 1. The first-order valence-corrected chi connectivity index (χ1v) is 8.00. The predicted octanol–water partition coefficient (Wildman–Crippen LogP) is 3.34. The van der Waals surface area contributed by atoms with E-state index in [4.69, 9.17) is 5.73 Å². The number of benzene rings is 2. The Balaban J connectivity index is 1.62. The Labute approximate surface area is 152 Å². The number of nitrogens with zero attached hydrogens (tertiary/aromatic N) is 4. The summed E-state index contributed by atoms with van der Waals surface area (Å²) < 4.78 is 13.3. The van der Waals surface area contributed by atoms with Gasteiger partial charge in [-0.3, -0.25) is 19.6 Å². The molecule has 2 heterocycles. The molecule has 0 fully saturated rings. The Bertz CT molecular complexity index is 1060. The van der Waals surface area contributed by atoms with Gasteiger partial charge in [-0.05, 0) is 24.3 Å². The fourth-order valence-corrected chi connectivity index (χ4v) is 2.80. The van der Waals surface area contributed by atoms with Gasteiger partial charge in [-0.15, -0.1) is 5.11 Å². The lowest BCUT2D eigenvalue weighted by Crippen LogP contribution is -2.29. The van der Waals surface area contributed by atoms with Gasteiger partial charge in [0.15, 0.2) is 11.5 Å². The molecule has 0 saturated heterocycles. The van der Waals surface area contributed by atoms with Crippen LogP contribution < -0.4 is 5.73 Å². The van der Waals surface area contributed by atoms with Crippen molar-refractivity contribution in [2.24, 2.45) is 10.2 Å². The molecule has 0 bridgehead atoms. The standard InChI is InChI=1S/C18H13FN6O2/c19-10-4-3-5-11(8-10)21-23-15-14(22-24-16(15)20)9-25-17(26)12-6-1-2-7-13(12)18(25)27/h1-8H,9H2,(H3,20,22,24). The first-order chi connectivity index (χ1) is 13.0. The Hall–Kier alpha value is -3.88. The first kappa shape index (κ1) is 16.6. The molecule has 4 rings (SSSR count). The topological polar surface area (TPSA) is 117 Å². The van der Waals surface area contributed by atoms with Crippen LogP contribution in [0, 0.1) is 5.82 Å². The van der Waals surface area contributed by atoms with E-state index in [1.807, 2.05) is 0 Å². The van der Waals surface area contributed by atoms with Gasteiger partial charge in [-0.2, -0.15) is 10.2 Å². The summed E-state index contributed by atoms with van der Waals surface area (Å²) in [6.45, 7) is -0.0892. The predicted molar refractivity (Wildman–Crippen MR) is 94.2 cm³/mol. The average molecular weight is 364 g/mol. The van der Waals surface area contributed by atoms with E-state index < -0.39 is 17.6 Å². The largest absolute Gasteiger partial charge is 0.380 e. The number of halogens is 1. The van der Waals surface area contributed by atoms with Gasteiger partial charge in [-0.1, -0.05) is 18.2 Å². The Morgan fingerprint density at radius 3 is 2.41 bits per heavy atom. The van der Waals surface area contributed by atoms with Gasteiger partial charge < -0.3 is 5.73 Å². The van der Waals surface area contributed by atoms with Crippen LogP contribution in [0.1, 0.15) is 26.4 Å². The number of anilines is 1. The van der Waals surface area contributed by atoms with Crippen LogP contribution in [-0.2, 0) is 6.54 Å². The second kappa shape index (κ2) is 6.45. The second-order valence-electron chi connectivity index (χ2n) is 5.86. The smallest absolute Gasteiger partial charge is 0.261 e. The van der Waals surface area contributed by atoms with Gasteiger partial charge in [0.2, 0.25) is 0 Å². The maximum absolute atomic E-state index is 13.3. The molecule has 1 aliphatic rings. The van der Waals surface area contributed by atoms with Crippen molar-refractivity contribution in [2.75, 3.05) is 5.73 Å². The summed E-state index contributed by atoms with van der Waals surface area (Å²) in [5.41, 5.74) is 7.33. The van der Waals surface area contributed by atoms with Crippen molar-refractivity contribution in [3.63, 3.8) is 0 Å². The van der Waals surface area contributed by atoms with Crippen molar-refractivity contribution in [1.82, 2.24) is 15.1 Å². The monoisotopic (exact) mass is 364 g/mol. The molecule has 0 spiro atoms. The third kappa shape index (κ3) is 2.95. The van der Waals surface area contributed by atoms with Crippen LogP contribution in [0.4, 0.5) is 21.6 Å². The SMILES string of the molecule is Nc1n[nH]c(CN2C(=O)c3ccccc3C2=O)c1N=Nc1cccc(F)c1. The van der Waals surface area contributed by atoms with Gasteiger partial charge >= 0.3 is 0 Å². The molecular formula is C18H13FN6O2.